The molecule has 0 aliphatic carbocycles. The van der Waals surface area contributed by atoms with Crippen molar-refractivity contribution in [2.24, 2.45) is 0 Å². The smallest absolute Gasteiger partial charge is 0.231 e. The van der Waals surface area contributed by atoms with Crippen molar-refractivity contribution in [2.45, 2.75) is 70.2 Å². The topological polar surface area (TPSA) is 60.0 Å². The number of hydrogen-bond acceptors (Lipinski definition) is 5. The Morgan fingerprint density at radius 3 is 2.82 bits per heavy atom. The number of nitrogens with one attached hydrogen (secondary N) is 1. The highest BCUT2D eigenvalue weighted by atomic mass is 35.5. The predicted octanol–water partition coefficient (Wildman–Crippen LogP) is 3.50. The van der Waals surface area contributed by atoms with E-state index in [-0.39, 0.29) is 12.4 Å². The molecule has 6 nitrogen and oxygen atoms in total. The fourth-order valence-electron chi connectivity index (χ4n) is 4.57. The Kier molecular flexibility index (Phi) is 5.72. The lowest BCUT2D eigenvalue weighted by Crippen LogP contribution is -2.49. The summed E-state index contributed by atoms with van der Waals surface area (Å²) in [5.41, 5.74) is 0.849. The van der Waals surface area contributed by atoms with Crippen LogP contribution in [-0.2, 0) is 16.1 Å². The molecule has 1 amide bonds. The van der Waals surface area contributed by atoms with Crippen molar-refractivity contribution >= 4 is 17.5 Å². The minimum atomic E-state index is -0.148. The first-order chi connectivity index (χ1) is 13.4. The fourth-order valence-corrected chi connectivity index (χ4v) is 4.79. The molecule has 0 radical (unpaired) electrons. The van der Waals surface area contributed by atoms with Crippen LogP contribution in [0.3, 0.4) is 0 Å². The van der Waals surface area contributed by atoms with Gasteiger partial charge in [-0.05, 0) is 57.7 Å². The maximum Gasteiger partial charge on any atom is 0.231 e. The Morgan fingerprint density at radius 2 is 2.04 bits per heavy atom. The Bertz CT molecular complexity index is 739. The van der Waals surface area contributed by atoms with E-state index in [0.29, 0.717) is 41.7 Å². The molecule has 2 unspecified atom stereocenters. The Balaban J connectivity index is 1.30. The molecule has 154 valence electrons. The first-order valence-electron chi connectivity index (χ1n) is 10.2. The molecule has 3 heterocycles. The normalized spacial score (nSPS) is 26.1. The van der Waals surface area contributed by atoms with Gasteiger partial charge in [0, 0.05) is 42.7 Å². The summed E-state index contributed by atoms with van der Waals surface area (Å²) in [6.45, 7) is 6.72. The van der Waals surface area contributed by atoms with Gasteiger partial charge in [0.2, 0.25) is 12.7 Å². The van der Waals surface area contributed by atoms with E-state index in [9.17, 15) is 4.79 Å². The standard InChI is InChI=1S/C21H29ClN2O4/c1-21(2)11-16(6-8-28-21)24-15(3-4-20(24)25)5-7-23-12-14-9-18-19(10-17(14)22)27-13-26-18/h9-10,15-16,23H,3-8,11-13H2,1-2H3. The molecule has 0 aromatic heterocycles. The maximum absolute atomic E-state index is 12.5. The van der Waals surface area contributed by atoms with E-state index in [1.165, 1.54) is 0 Å². The van der Waals surface area contributed by atoms with E-state index in [1.807, 2.05) is 12.1 Å². The molecular weight excluding hydrogens is 380 g/mol. The van der Waals surface area contributed by atoms with Crippen molar-refractivity contribution in [3.05, 3.63) is 22.7 Å². The third kappa shape index (κ3) is 4.24. The van der Waals surface area contributed by atoms with Gasteiger partial charge in [0.25, 0.3) is 0 Å². The number of nitrogens with zero attached hydrogens (tertiary/aromatic N) is 1. The molecule has 0 bridgehead atoms. The summed E-state index contributed by atoms with van der Waals surface area (Å²) in [4.78, 5) is 14.7. The largest absolute Gasteiger partial charge is 0.454 e. The van der Waals surface area contributed by atoms with Crippen molar-refractivity contribution in [3.63, 3.8) is 0 Å². The van der Waals surface area contributed by atoms with Gasteiger partial charge in [-0.25, -0.2) is 0 Å². The van der Waals surface area contributed by atoms with Gasteiger partial charge in [-0.3, -0.25) is 4.79 Å². The van der Waals surface area contributed by atoms with Gasteiger partial charge in [-0.15, -0.1) is 0 Å². The summed E-state index contributed by atoms with van der Waals surface area (Å²) >= 11 is 6.34. The van der Waals surface area contributed by atoms with Crippen LogP contribution in [0.25, 0.3) is 0 Å². The SMILES string of the molecule is CC1(C)CC(N2C(=O)CCC2CCNCc2cc3c(cc2Cl)OCO3)CCO1. The van der Waals surface area contributed by atoms with Crippen LogP contribution in [0.1, 0.15) is 51.5 Å². The number of ether oxygens (including phenoxy) is 3. The average Bonchev–Trinajstić information content (AvgIpc) is 3.23. The first kappa shape index (κ1) is 19.8. The number of fused-ring (bicyclic) bond motifs is 1. The third-order valence-electron chi connectivity index (χ3n) is 5.95. The van der Waals surface area contributed by atoms with Crippen LogP contribution >= 0.6 is 11.6 Å². The molecule has 1 aromatic rings. The monoisotopic (exact) mass is 408 g/mol. The van der Waals surface area contributed by atoms with E-state index in [2.05, 4.69) is 24.1 Å². The fraction of sp³-hybridized carbons (Fsp3) is 0.667. The summed E-state index contributed by atoms with van der Waals surface area (Å²) < 4.78 is 16.6. The molecule has 3 aliphatic heterocycles. The van der Waals surface area contributed by atoms with Gasteiger partial charge in [0.1, 0.15) is 0 Å². The van der Waals surface area contributed by atoms with Gasteiger partial charge in [0.15, 0.2) is 11.5 Å². The first-order valence-corrected chi connectivity index (χ1v) is 10.5. The van der Waals surface area contributed by atoms with Crippen LogP contribution < -0.4 is 14.8 Å². The van der Waals surface area contributed by atoms with Gasteiger partial charge in [-0.1, -0.05) is 11.6 Å². The van der Waals surface area contributed by atoms with Crippen LogP contribution in [0.5, 0.6) is 11.5 Å². The van der Waals surface area contributed by atoms with Crippen LogP contribution in [0.2, 0.25) is 5.02 Å². The number of likely N-dealkylation sites (tertiary alicyclic amines) is 1. The zero-order valence-electron chi connectivity index (χ0n) is 16.6. The molecule has 0 spiro atoms. The highest BCUT2D eigenvalue weighted by molar-refractivity contribution is 6.31. The Labute approximate surface area is 171 Å². The van der Waals surface area contributed by atoms with Crippen molar-refractivity contribution in [1.82, 2.24) is 10.2 Å². The van der Waals surface area contributed by atoms with E-state index in [4.69, 9.17) is 25.8 Å². The van der Waals surface area contributed by atoms with Gasteiger partial charge in [0.05, 0.1) is 5.60 Å². The van der Waals surface area contributed by atoms with Crippen LogP contribution in [0, 0.1) is 0 Å². The minimum absolute atomic E-state index is 0.148. The van der Waals surface area contributed by atoms with Crippen LogP contribution in [0.15, 0.2) is 12.1 Å². The summed E-state index contributed by atoms with van der Waals surface area (Å²) in [5, 5.41) is 4.15. The third-order valence-corrected chi connectivity index (χ3v) is 6.30. The number of amides is 1. The molecule has 28 heavy (non-hydrogen) atoms. The highest BCUT2D eigenvalue weighted by Crippen LogP contribution is 2.37. The van der Waals surface area contributed by atoms with E-state index in [1.54, 1.807) is 0 Å². The quantitative estimate of drug-likeness (QED) is 0.730. The highest BCUT2D eigenvalue weighted by Gasteiger charge is 2.40. The van der Waals surface area contributed by atoms with Gasteiger partial charge in [-0.2, -0.15) is 0 Å². The molecule has 4 rings (SSSR count). The van der Waals surface area contributed by atoms with Crippen LogP contribution in [0.4, 0.5) is 0 Å². The molecule has 7 heteroatoms. The predicted molar refractivity (Wildman–Crippen MR) is 107 cm³/mol. The molecule has 1 N–H and O–H groups in total. The summed E-state index contributed by atoms with van der Waals surface area (Å²) in [7, 11) is 0. The van der Waals surface area contributed by atoms with Crippen molar-refractivity contribution in [1.29, 1.82) is 0 Å². The lowest BCUT2D eigenvalue weighted by Gasteiger charge is -2.42. The number of carbonyl (C=O) groups excluding carboxylic acids is 1. The lowest BCUT2D eigenvalue weighted by molar-refractivity contribution is -0.138. The Hall–Kier alpha value is -1.50. The second kappa shape index (κ2) is 8.09. The second-order valence-corrected chi connectivity index (χ2v) is 8.92. The number of rotatable bonds is 6. The Morgan fingerprint density at radius 1 is 1.25 bits per heavy atom. The number of carbonyl (C=O) groups is 1. The van der Waals surface area contributed by atoms with Gasteiger partial charge < -0.3 is 24.4 Å². The molecule has 2 fully saturated rings. The van der Waals surface area contributed by atoms with E-state index < -0.39 is 0 Å². The van der Waals surface area contributed by atoms with E-state index >= 15 is 0 Å². The van der Waals surface area contributed by atoms with Crippen LogP contribution in [-0.4, -0.2) is 48.4 Å². The van der Waals surface area contributed by atoms with Crippen molar-refractivity contribution in [2.75, 3.05) is 19.9 Å². The molecule has 0 saturated carbocycles. The molecule has 1 aromatic carbocycles. The lowest BCUT2D eigenvalue weighted by atomic mass is 9.92. The molecular formula is C21H29ClN2O4. The summed E-state index contributed by atoms with van der Waals surface area (Å²) in [6, 6.07) is 4.36. The van der Waals surface area contributed by atoms with Crippen molar-refractivity contribution in [3.8, 4) is 11.5 Å². The average molecular weight is 409 g/mol. The summed E-state index contributed by atoms with van der Waals surface area (Å²) in [5.74, 6) is 1.75. The van der Waals surface area contributed by atoms with Crippen molar-refractivity contribution < 1.29 is 19.0 Å². The molecule has 2 atom stereocenters. The zero-order valence-corrected chi connectivity index (χ0v) is 17.4. The second-order valence-electron chi connectivity index (χ2n) is 8.51. The zero-order chi connectivity index (χ0) is 19.7. The summed E-state index contributed by atoms with van der Waals surface area (Å²) in [6.07, 6.45) is 4.41. The number of hydrogen-bond donors (Lipinski definition) is 1. The number of halogens is 1. The van der Waals surface area contributed by atoms with Gasteiger partial charge >= 0.3 is 0 Å². The molecule has 2 saturated heterocycles. The maximum atomic E-state index is 12.5. The molecule has 3 aliphatic rings. The van der Waals surface area contributed by atoms with E-state index in [0.717, 1.165) is 50.1 Å². The number of benzene rings is 1. The minimum Gasteiger partial charge on any atom is -0.454 e.